The molecule has 1 fully saturated rings. The molecule has 10 N–H and O–H groups in total. The molecule has 6 heterocycles. The number of phosphoric ester groups is 2. The Labute approximate surface area is 527 Å². The Hall–Kier alpha value is -6.79. The van der Waals surface area contributed by atoms with E-state index in [0.29, 0.717) is 80.1 Å². The molecule has 27 nitrogen and oxygen atoms in total. The number of hydrogen-bond donors (Lipinski definition) is 9. The van der Waals surface area contributed by atoms with Crippen LogP contribution in [0.2, 0.25) is 0 Å². The van der Waals surface area contributed by atoms with Gasteiger partial charge >= 0.3 is 15.6 Å². The summed E-state index contributed by atoms with van der Waals surface area (Å²) in [6, 6.07) is 18.3. The van der Waals surface area contributed by atoms with E-state index in [0.717, 1.165) is 46.4 Å². The van der Waals surface area contributed by atoms with Gasteiger partial charge in [-0.05, 0) is 95.7 Å². The molecule has 0 saturated carbocycles. The van der Waals surface area contributed by atoms with Crippen molar-refractivity contribution in [3.05, 3.63) is 132 Å². The summed E-state index contributed by atoms with van der Waals surface area (Å²) in [5.74, 6) is 0.510. The average molecular weight is 1340 g/mol. The molecule has 5 aromatic rings. The quantitative estimate of drug-likeness (QED) is 0.00774. The first kappa shape index (κ1) is 68.6. The number of carbonyl (C=O) groups excluding carboxylic acids is 1. The van der Waals surface area contributed by atoms with Crippen LogP contribution < -0.4 is 26.0 Å². The fraction of sp³-hybridized carbons (Fsp3) is 0.417. The van der Waals surface area contributed by atoms with Gasteiger partial charge in [-0.25, -0.2) is 32.5 Å². The van der Waals surface area contributed by atoms with E-state index < -0.39 is 78.2 Å². The number of unbranched alkanes of at least 4 members (excludes halogenated alkanes) is 3. The zero-order chi connectivity index (χ0) is 65.8. The van der Waals surface area contributed by atoms with Crippen molar-refractivity contribution < 1.29 is 87.6 Å². The molecule has 9 rings (SSSR count). The molecule has 3 aromatic carbocycles. The van der Waals surface area contributed by atoms with Crippen molar-refractivity contribution in [3.63, 3.8) is 0 Å². The summed E-state index contributed by atoms with van der Waals surface area (Å²) in [4.78, 5) is 65.8. The van der Waals surface area contributed by atoms with Crippen LogP contribution in [0.3, 0.4) is 0 Å². The number of fused-ring (bicyclic) bond motifs is 4. The second-order valence-corrected chi connectivity index (χ2v) is 28.6. The Morgan fingerprint density at radius 3 is 2.35 bits per heavy atom. The first-order chi connectivity index (χ1) is 42.9. The summed E-state index contributed by atoms with van der Waals surface area (Å²) in [7, 11) is -19.7. The molecule has 5 atom stereocenters. The summed E-state index contributed by atoms with van der Waals surface area (Å²) in [5, 5.41) is 17.4. The van der Waals surface area contributed by atoms with E-state index in [4.69, 9.17) is 19.7 Å². The van der Waals surface area contributed by atoms with E-state index in [1.165, 1.54) is 16.7 Å². The summed E-state index contributed by atoms with van der Waals surface area (Å²) in [6.45, 7) is 11.1. The van der Waals surface area contributed by atoms with Crippen molar-refractivity contribution >= 4 is 98.7 Å². The lowest BCUT2D eigenvalue weighted by atomic mass is 9.75. The minimum atomic E-state index is -5.28. The van der Waals surface area contributed by atoms with E-state index in [1.807, 2.05) is 78.3 Å². The molecule has 2 aromatic heterocycles. The molecule has 1 unspecified atom stereocenters. The number of nitrogens with two attached hydrogens (primary N) is 1. The lowest BCUT2D eigenvalue weighted by molar-refractivity contribution is -0.437. The van der Waals surface area contributed by atoms with Gasteiger partial charge in [0.1, 0.15) is 42.7 Å². The number of ether oxygens (including phenoxy) is 2. The molecule has 0 bridgehead atoms. The Balaban J connectivity index is 0.866. The maximum Gasteiger partial charge on any atom is 0.470 e. The van der Waals surface area contributed by atoms with E-state index in [2.05, 4.69) is 80.9 Å². The minimum absolute atomic E-state index is 0.0450. The number of hydrogen-bond acceptors (Lipinski definition) is 19. The van der Waals surface area contributed by atoms with Gasteiger partial charge in [0.25, 0.3) is 10.1 Å². The van der Waals surface area contributed by atoms with Crippen LogP contribution in [-0.2, 0) is 53.4 Å². The summed E-state index contributed by atoms with van der Waals surface area (Å²) in [6.07, 6.45) is 11.2. The molecule has 31 heteroatoms. The smallest absolute Gasteiger partial charge is 0.470 e. The third kappa shape index (κ3) is 16.3. The Morgan fingerprint density at radius 1 is 0.923 bits per heavy atom. The number of amides is 1. The number of nitrogens with one attached hydrogen (secondary N) is 2. The summed E-state index contributed by atoms with van der Waals surface area (Å²) < 4.78 is 119. The highest BCUT2D eigenvalue weighted by atomic mass is 32.2. The molecule has 0 spiro atoms. The van der Waals surface area contributed by atoms with Crippen LogP contribution in [0.5, 0.6) is 5.75 Å². The molecule has 4 aliphatic heterocycles. The lowest BCUT2D eigenvalue weighted by Gasteiger charge is -2.43. The number of likely N-dealkylation sites (N-methyl/N-ethyl adjacent to an activating group) is 1. The second kappa shape index (κ2) is 27.8. The van der Waals surface area contributed by atoms with Crippen molar-refractivity contribution in [1.82, 2.24) is 24.8 Å². The van der Waals surface area contributed by atoms with E-state index in [-0.39, 0.29) is 58.7 Å². The summed E-state index contributed by atoms with van der Waals surface area (Å²) >= 11 is 0. The molecule has 0 aliphatic carbocycles. The van der Waals surface area contributed by atoms with Crippen molar-refractivity contribution in [3.8, 4) is 5.75 Å². The van der Waals surface area contributed by atoms with Crippen LogP contribution in [0.4, 0.5) is 23.1 Å². The topological polar surface area (TPSA) is 401 Å². The number of benzene rings is 3. The Morgan fingerprint density at radius 2 is 1.66 bits per heavy atom. The van der Waals surface area contributed by atoms with Gasteiger partial charge < -0.3 is 60.0 Å². The van der Waals surface area contributed by atoms with Gasteiger partial charge in [-0.15, -0.1) is 0 Å². The van der Waals surface area contributed by atoms with Gasteiger partial charge in [-0.1, -0.05) is 73.6 Å². The average Bonchev–Trinajstić information content (AvgIpc) is 1.72. The number of aromatic nitrogens is 4. The van der Waals surface area contributed by atoms with Gasteiger partial charge in [-0.3, -0.25) is 23.0 Å². The number of nitrogens with zero attached hydrogens (tertiary/aromatic N) is 6. The van der Waals surface area contributed by atoms with E-state index >= 15 is 0 Å². The van der Waals surface area contributed by atoms with Crippen molar-refractivity contribution in [2.24, 2.45) is 0 Å². The number of aliphatic hydroxyl groups excluding tert-OH is 1. The van der Waals surface area contributed by atoms with Crippen LogP contribution in [0.25, 0.3) is 28.1 Å². The minimum Gasteiger partial charge on any atom is -0.748 e. The lowest BCUT2D eigenvalue weighted by Crippen LogP contribution is -2.44. The van der Waals surface area contributed by atoms with Crippen LogP contribution >= 0.6 is 15.6 Å². The highest BCUT2D eigenvalue weighted by molar-refractivity contribution is 7.86. The maximum absolute atomic E-state index is 13.4. The number of aliphatic hydroxyl groups is 1. The van der Waals surface area contributed by atoms with Gasteiger partial charge in [-0.2, -0.15) is 13.0 Å². The van der Waals surface area contributed by atoms with Crippen molar-refractivity contribution in [2.75, 3.05) is 54.5 Å². The predicted octanol–water partition coefficient (Wildman–Crippen LogP) is 7.40. The number of carbonyl (C=O) groups is 1. The summed E-state index contributed by atoms with van der Waals surface area (Å²) in [5.41, 5.74) is 12.7. The fourth-order valence-electron chi connectivity index (χ4n) is 12.2. The first-order valence-corrected chi connectivity index (χ1v) is 35.6. The van der Waals surface area contributed by atoms with E-state index in [9.17, 15) is 64.5 Å². The fourth-order valence-corrected chi connectivity index (χ4v) is 14.2. The van der Waals surface area contributed by atoms with E-state index in [1.54, 1.807) is 6.07 Å². The molecule has 1 amide bonds. The van der Waals surface area contributed by atoms with Crippen LogP contribution in [-0.4, -0.2) is 149 Å². The molecule has 1 saturated heterocycles. The van der Waals surface area contributed by atoms with Gasteiger partial charge in [0, 0.05) is 84.4 Å². The monoisotopic (exact) mass is 1340 g/mol. The molecular weight excluding hydrogens is 1260 g/mol. The largest absolute Gasteiger partial charge is 0.748 e. The predicted molar refractivity (Wildman–Crippen MR) is 339 cm³/mol. The highest BCUT2D eigenvalue weighted by Crippen LogP contribution is 2.49. The number of rotatable bonds is 28. The standard InChI is InChI=1S/C60H75N9O18P2S2/c1-6-68-46-34-48-43(33-42(46)38(2)35-59(68,3)4)40(31-47(85-48)39-19-11-9-12-20-39)21-13-10-14-22-50-60(5,44-32-41(91(81,82)83)24-25-45(44)67(50)29-18-30-90(78,79)80)26-17-23-51(70)62-27-15-7-8-16-28-63-58-66-52-55(61)64-37-65-56(52)69(58)57-53(71)54(87-89(75,76)77)49(86-57)36-84-88(72,73)74/h9-14,19-22,24-25,31-35,37,49,53-54,57,71H,6-8,15-18,23,26-30,36H2,1-5H3,(H9-,61,62,63,64,65,66,70,72,73,74,75,76,77,78,79,80,81,82,83)/t49-,53-,54-,57-,60?/m1/s1. The Kier molecular flexibility index (Phi) is 21.0. The van der Waals surface area contributed by atoms with Crippen molar-refractivity contribution in [1.29, 1.82) is 0 Å². The normalized spacial score (nSPS) is 21.3. The first-order valence-electron chi connectivity index (χ1n) is 29.5. The number of anilines is 3. The number of imidazole rings is 1. The van der Waals surface area contributed by atoms with Gasteiger partial charge in [0.15, 0.2) is 28.9 Å². The molecule has 91 heavy (non-hydrogen) atoms. The highest BCUT2D eigenvalue weighted by Gasteiger charge is 2.51. The molecular formula is C60H75N9O18P2S2. The number of nitrogen functional groups attached to an aromatic ring is 1. The maximum atomic E-state index is 13.4. The van der Waals surface area contributed by atoms with Gasteiger partial charge in [0.2, 0.25) is 17.5 Å². The SMILES string of the molecule is CCN1c2cc3c(cc2C(C)=CC1(C)C)C(=CC=CC=CC1=[N+](CCCS(=O)(=O)[O-])c2ccc(S(=O)(=O)O)cc2C1(C)CCCC(=O)NCCCCCCNc1nc2c(N)ncnc2n1[C@@H]1O[C@H](COP(=O)(O)O)[C@@H](OP(=O)(O)O)[C@H]1O)C=C(c1ccccc1)O3. The third-order valence-electron chi connectivity index (χ3n) is 16.3. The molecule has 4 aliphatic rings. The number of phosphoric acid groups is 2. The molecule has 490 valence electrons. The van der Waals surface area contributed by atoms with Crippen LogP contribution in [0.15, 0.2) is 114 Å². The van der Waals surface area contributed by atoms with Crippen molar-refractivity contribution in [2.45, 2.75) is 126 Å². The van der Waals surface area contributed by atoms with Crippen LogP contribution in [0, 0.1) is 0 Å². The zero-order valence-electron chi connectivity index (χ0n) is 50.7. The zero-order valence-corrected chi connectivity index (χ0v) is 54.1. The van der Waals surface area contributed by atoms with Gasteiger partial charge in [0.05, 0.1) is 32.6 Å². The second-order valence-electron chi connectivity index (χ2n) is 23.3. The molecule has 0 radical (unpaired) electrons. The Bertz CT molecular complexity index is 4110. The number of allylic oxidation sites excluding steroid dienone is 8. The van der Waals surface area contributed by atoms with Crippen LogP contribution in [0.1, 0.15) is 114 Å². The third-order valence-corrected chi connectivity index (χ3v) is 19.0.